The normalized spacial score (nSPS) is 12.1. The summed E-state index contributed by atoms with van der Waals surface area (Å²) in [7, 11) is -2.71. The molecule has 8 nitrogen and oxygen atoms in total. The standard InChI is InChI=1S/C26H27F3N2O6S/c1-4-6-24(38(34,35)17-8-5-7-15(2)9-17)26(33)31-21-12-22(32)20(13-23(21)36-3)30-14-37-16-10-18(27)25(29)19(28)11-16/h5,7-13,24,30,32H,4,6,14H2,1-3H3,(H,31,33). The quantitative estimate of drug-likeness (QED) is 0.171. The molecule has 3 rings (SSSR count). The van der Waals surface area contributed by atoms with Crippen molar-refractivity contribution in [2.75, 3.05) is 24.5 Å². The van der Waals surface area contributed by atoms with E-state index < -0.39 is 38.4 Å². The number of phenols is 1. The van der Waals surface area contributed by atoms with Gasteiger partial charge in [0, 0.05) is 24.3 Å². The van der Waals surface area contributed by atoms with Crippen molar-refractivity contribution >= 4 is 27.1 Å². The van der Waals surface area contributed by atoms with Crippen LogP contribution in [0.1, 0.15) is 25.3 Å². The first-order valence-corrected chi connectivity index (χ1v) is 13.1. The first kappa shape index (κ1) is 28.6. The summed E-state index contributed by atoms with van der Waals surface area (Å²) in [5.74, 6) is -5.84. The van der Waals surface area contributed by atoms with E-state index in [1.807, 2.05) is 0 Å². The lowest BCUT2D eigenvalue weighted by Gasteiger charge is -2.19. The van der Waals surface area contributed by atoms with E-state index >= 15 is 0 Å². The molecule has 1 amide bonds. The molecule has 0 aliphatic heterocycles. The molecular weight excluding hydrogens is 525 g/mol. The van der Waals surface area contributed by atoms with E-state index in [0.29, 0.717) is 18.6 Å². The molecule has 3 aromatic rings. The Bertz CT molecular complexity index is 1410. The number of hydrogen-bond donors (Lipinski definition) is 3. The van der Waals surface area contributed by atoms with Crippen LogP contribution in [0.5, 0.6) is 17.2 Å². The maximum Gasteiger partial charge on any atom is 0.243 e. The number of carbonyl (C=O) groups is 1. The van der Waals surface area contributed by atoms with Crippen molar-refractivity contribution in [3.63, 3.8) is 0 Å². The van der Waals surface area contributed by atoms with Gasteiger partial charge in [-0.25, -0.2) is 21.6 Å². The molecule has 0 bridgehead atoms. The third kappa shape index (κ3) is 6.49. The van der Waals surface area contributed by atoms with E-state index in [-0.39, 0.29) is 46.7 Å². The zero-order valence-corrected chi connectivity index (χ0v) is 21.7. The molecule has 0 fully saturated rings. The van der Waals surface area contributed by atoms with E-state index in [2.05, 4.69) is 10.6 Å². The van der Waals surface area contributed by atoms with Crippen LogP contribution in [-0.2, 0) is 14.6 Å². The number of carbonyl (C=O) groups excluding carboxylic acids is 1. The highest BCUT2D eigenvalue weighted by molar-refractivity contribution is 7.92. The van der Waals surface area contributed by atoms with Gasteiger partial charge in [-0.15, -0.1) is 0 Å². The molecule has 1 unspecified atom stereocenters. The van der Waals surface area contributed by atoms with Crippen molar-refractivity contribution in [2.45, 2.75) is 36.8 Å². The van der Waals surface area contributed by atoms with Crippen molar-refractivity contribution in [3.05, 3.63) is 71.5 Å². The van der Waals surface area contributed by atoms with E-state index in [1.54, 1.807) is 26.0 Å². The third-order valence-electron chi connectivity index (χ3n) is 5.57. The van der Waals surface area contributed by atoms with Gasteiger partial charge in [0.25, 0.3) is 0 Å². The van der Waals surface area contributed by atoms with Crippen LogP contribution in [0.15, 0.2) is 53.4 Å². The van der Waals surface area contributed by atoms with Gasteiger partial charge in [0.1, 0.15) is 22.5 Å². The average molecular weight is 553 g/mol. The smallest absolute Gasteiger partial charge is 0.243 e. The molecule has 3 N–H and O–H groups in total. The highest BCUT2D eigenvalue weighted by Gasteiger charge is 2.34. The molecule has 3 aromatic carbocycles. The Kier molecular flexibility index (Phi) is 9.10. The highest BCUT2D eigenvalue weighted by Crippen LogP contribution is 2.36. The fourth-order valence-electron chi connectivity index (χ4n) is 3.65. The van der Waals surface area contributed by atoms with E-state index in [0.717, 1.165) is 11.6 Å². The number of amides is 1. The summed E-state index contributed by atoms with van der Waals surface area (Å²) in [6.07, 6.45) is 0.494. The lowest BCUT2D eigenvalue weighted by atomic mass is 10.2. The molecule has 0 heterocycles. The fourth-order valence-corrected chi connectivity index (χ4v) is 5.48. The predicted octanol–water partition coefficient (Wildman–Crippen LogP) is 5.16. The van der Waals surface area contributed by atoms with Crippen LogP contribution in [0.4, 0.5) is 24.5 Å². The zero-order chi connectivity index (χ0) is 28.0. The SMILES string of the molecule is CCCC(C(=O)Nc1cc(O)c(NCOc2cc(F)c(F)c(F)c2)cc1OC)S(=O)(=O)c1cccc(C)c1. The summed E-state index contributed by atoms with van der Waals surface area (Å²) in [5.41, 5.74) is 0.820. The number of aryl methyl sites for hydroxylation is 1. The Morgan fingerprint density at radius 3 is 2.34 bits per heavy atom. The third-order valence-corrected chi connectivity index (χ3v) is 7.68. The lowest BCUT2D eigenvalue weighted by Crippen LogP contribution is -2.35. The molecule has 0 saturated heterocycles. The number of halogens is 3. The first-order chi connectivity index (χ1) is 18.0. The van der Waals surface area contributed by atoms with Crippen LogP contribution < -0.4 is 20.1 Å². The van der Waals surface area contributed by atoms with Gasteiger partial charge in [-0.3, -0.25) is 4.79 Å². The summed E-state index contributed by atoms with van der Waals surface area (Å²) in [5, 5.41) is 14.2. The van der Waals surface area contributed by atoms with Gasteiger partial charge in [-0.05, 0) is 31.0 Å². The van der Waals surface area contributed by atoms with Gasteiger partial charge in [-0.1, -0.05) is 25.5 Å². The van der Waals surface area contributed by atoms with E-state index in [4.69, 9.17) is 9.47 Å². The molecule has 0 aromatic heterocycles. The van der Waals surface area contributed by atoms with Gasteiger partial charge in [0.15, 0.2) is 34.0 Å². The van der Waals surface area contributed by atoms with Crippen molar-refractivity contribution < 1.29 is 41.0 Å². The minimum absolute atomic E-state index is 0.0182. The number of nitrogens with one attached hydrogen (secondary N) is 2. The molecule has 0 spiro atoms. The second kappa shape index (κ2) is 12.1. The average Bonchev–Trinajstić information content (AvgIpc) is 2.86. The number of rotatable bonds is 11. The number of ether oxygens (including phenoxy) is 2. The Hall–Kier alpha value is -3.93. The number of methoxy groups -OCH3 is 1. The molecule has 204 valence electrons. The number of benzene rings is 3. The maximum atomic E-state index is 13.4. The van der Waals surface area contributed by atoms with E-state index in [1.165, 1.54) is 25.3 Å². The zero-order valence-electron chi connectivity index (χ0n) is 20.8. The van der Waals surface area contributed by atoms with E-state index in [9.17, 15) is 31.5 Å². The van der Waals surface area contributed by atoms with Crippen LogP contribution in [0, 0.1) is 24.4 Å². The van der Waals surface area contributed by atoms with Crippen molar-refractivity contribution in [2.24, 2.45) is 0 Å². The van der Waals surface area contributed by atoms with Gasteiger partial charge in [0.2, 0.25) is 5.91 Å². The van der Waals surface area contributed by atoms with Gasteiger partial charge >= 0.3 is 0 Å². The van der Waals surface area contributed by atoms with Crippen LogP contribution in [-0.4, -0.2) is 38.5 Å². The van der Waals surface area contributed by atoms with Gasteiger partial charge < -0.3 is 25.2 Å². The fraction of sp³-hybridized carbons (Fsp3) is 0.269. The minimum atomic E-state index is -4.01. The Morgan fingerprint density at radius 1 is 1.05 bits per heavy atom. The largest absolute Gasteiger partial charge is 0.506 e. The predicted molar refractivity (Wildman–Crippen MR) is 136 cm³/mol. The summed E-state index contributed by atoms with van der Waals surface area (Å²) in [6, 6.07) is 10.1. The number of aromatic hydroxyl groups is 1. The van der Waals surface area contributed by atoms with Crippen LogP contribution in [0.3, 0.4) is 0 Å². The number of anilines is 2. The summed E-state index contributed by atoms with van der Waals surface area (Å²) in [6.45, 7) is 3.13. The lowest BCUT2D eigenvalue weighted by molar-refractivity contribution is -0.116. The summed E-state index contributed by atoms with van der Waals surface area (Å²) >= 11 is 0. The Labute approximate surface area is 218 Å². The molecule has 1 atom stereocenters. The first-order valence-electron chi connectivity index (χ1n) is 11.5. The number of phenolic OH excluding ortho intramolecular Hbond substituents is 1. The molecular formula is C26H27F3N2O6S. The van der Waals surface area contributed by atoms with Crippen LogP contribution in [0.2, 0.25) is 0 Å². The number of hydrogen-bond acceptors (Lipinski definition) is 7. The topological polar surface area (TPSA) is 114 Å². The second-order valence-electron chi connectivity index (χ2n) is 8.36. The second-order valence-corrected chi connectivity index (χ2v) is 10.5. The monoisotopic (exact) mass is 552 g/mol. The Balaban J connectivity index is 1.78. The summed E-state index contributed by atoms with van der Waals surface area (Å²) in [4.78, 5) is 13.2. The molecule has 0 aliphatic carbocycles. The minimum Gasteiger partial charge on any atom is -0.506 e. The molecule has 0 radical (unpaired) electrons. The molecule has 0 aliphatic rings. The van der Waals surface area contributed by atoms with Crippen molar-refractivity contribution in [1.29, 1.82) is 0 Å². The van der Waals surface area contributed by atoms with Crippen molar-refractivity contribution in [1.82, 2.24) is 0 Å². The van der Waals surface area contributed by atoms with Crippen molar-refractivity contribution in [3.8, 4) is 17.2 Å². The maximum absolute atomic E-state index is 13.4. The number of sulfone groups is 1. The summed E-state index contributed by atoms with van der Waals surface area (Å²) < 4.78 is 76.7. The highest BCUT2D eigenvalue weighted by atomic mass is 32.2. The van der Waals surface area contributed by atoms with Gasteiger partial charge in [-0.2, -0.15) is 0 Å². The Morgan fingerprint density at radius 2 is 1.74 bits per heavy atom. The van der Waals surface area contributed by atoms with Crippen LogP contribution in [0.25, 0.3) is 0 Å². The van der Waals surface area contributed by atoms with Gasteiger partial charge in [0.05, 0.1) is 23.4 Å². The molecule has 38 heavy (non-hydrogen) atoms. The molecule has 12 heteroatoms. The van der Waals surface area contributed by atoms with Crippen LogP contribution >= 0.6 is 0 Å². The molecule has 0 saturated carbocycles.